The Morgan fingerprint density at radius 3 is 2.61 bits per heavy atom. The summed E-state index contributed by atoms with van der Waals surface area (Å²) < 4.78 is 29.3. The lowest BCUT2D eigenvalue weighted by atomic mass is 9.47. The number of benzene rings is 1. The number of esters is 1. The van der Waals surface area contributed by atoms with Gasteiger partial charge in [-0.05, 0) is 83.5 Å². The monoisotopic (exact) mass is 634 g/mol. The van der Waals surface area contributed by atoms with E-state index in [1.807, 2.05) is 6.07 Å². The summed E-state index contributed by atoms with van der Waals surface area (Å²) in [6.07, 6.45) is 7.69. The molecule has 3 heterocycles. The summed E-state index contributed by atoms with van der Waals surface area (Å²) in [7, 11) is 1.75. The summed E-state index contributed by atoms with van der Waals surface area (Å²) >= 11 is 0. The van der Waals surface area contributed by atoms with Crippen LogP contribution in [0.25, 0.3) is 6.08 Å². The first-order valence-electron chi connectivity index (χ1n) is 16.2. The van der Waals surface area contributed by atoms with Crippen LogP contribution in [0.5, 0.6) is 11.5 Å². The number of furan rings is 1. The molecule has 5 aliphatic rings. The molecule has 6 atom stereocenters. The number of carbonyl (C=O) groups is 3. The quantitative estimate of drug-likeness (QED) is 0.259. The van der Waals surface area contributed by atoms with Gasteiger partial charge in [0.05, 0.1) is 35.6 Å². The number of aliphatic hydroxyl groups is 1. The van der Waals surface area contributed by atoms with Gasteiger partial charge >= 0.3 is 12.1 Å². The fourth-order valence-corrected chi connectivity index (χ4v) is 8.44. The number of hydrogen-bond donors (Lipinski definition) is 1. The highest BCUT2D eigenvalue weighted by atomic mass is 16.7. The molecule has 1 saturated heterocycles. The van der Waals surface area contributed by atoms with Crippen molar-refractivity contribution < 1.29 is 42.9 Å². The molecule has 11 heteroatoms. The van der Waals surface area contributed by atoms with E-state index in [0.717, 1.165) is 30.5 Å². The summed E-state index contributed by atoms with van der Waals surface area (Å²) in [5.74, 6) is 0.371. The fourth-order valence-electron chi connectivity index (χ4n) is 8.44. The second-order valence-corrected chi connectivity index (χ2v) is 14.5. The zero-order valence-electron chi connectivity index (χ0n) is 27.0. The molecule has 46 heavy (non-hydrogen) atoms. The maximum Gasteiger partial charge on any atom is 0.514 e. The third kappa shape index (κ3) is 4.90. The van der Waals surface area contributed by atoms with E-state index in [-0.39, 0.29) is 11.7 Å². The van der Waals surface area contributed by atoms with E-state index in [1.165, 1.54) is 13.0 Å². The Labute approximate surface area is 268 Å². The van der Waals surface area contributed by atoms with Gasteiger partial charge in [0.1, 0.15) is 17.8 Å². The van der Waals surface area contributed by atoms with E-state index in [9.17, 15) is 19.5 Å². The number of nitrogens with zero attached hydrogens (tertiary/aromatic N) is 2. The van der Waals surface area contributed by atoms with Crippen molar-refractivity contribution in [3.63, 3.8) is 0 Å². The number of piperidine rings is 1. The van der Waals surface area contributed by atoms with E-state index in [4.69, 9.17) is 23.4 Å². The maximum atomic E-state index is 13.5. The molecule has 2 aliphatic heterocycles. The van der Waals surface area contributed by atoms with Gasteiger partial charge in [-0.15, -0.1) is 0 Å². The summed E-state index contributed by atoms with van der Waals surface area (Å²) in [6.45, 7) is 8.11. The van der Waals surface area contributed by atoms with Crippen molar-refractivity contribution in [1.29, 1.82) is 0 Å². The summed E-state index contributed by atoms with van der Waals surface area (Å²) in [6, 6.07) is 4.32. The van der Waals surface area contributed by atoms with Gasteiger partial charge in [-0.1, -0.05) is 6.07 Å². The van der Waals surface area contributed by atoms with Crippen LogP contribution in [0.4, 0.5) is 4.79 Å². The third-order valence-electron chi connectivity index (χ3n) is 10.4. The average molecular weight is 635 g/mol. The molecule has 1 amide bonds. The minimum absolute atomic E-state index is 0.159. The van der Waals surface area contributed by atoms with Gasteiger partial charge in [-0.25, -0.2) is 4.79 Å². The largest absolute Gasteiger partial charge is 0.514 e. The molecule has 3 fully saturated rings. The van der Waals surface area contributed by atoms with E-state index in [1.54, 1.807) is 63.5 Å². The van der Waals surface area contributed by atoms with Gasteiger partial charge in [0.2, 0.25) is 5.91 Å². The van der Waals surface area contributed by atoms with E-state index in [0.29, 0.717) is 43.0 Å². The Balaban J connectivity index is 1.34. The van der Waals surface area contributed by atoms with Crippen molar-refractivity contribution in [2.75, 3.05) is 20.1 Å². The minimum atomic E-state index is -1.35. The summed E-state index contributed by atoms with van der Waals surface area (Å²) in [5.41, 5.74) is -0.882. The van der Waals surface area contributed by atoms with Crippen molar-refractivity contribution in [3.8, 4) is 11.5 Å². The molecule has 1 N–H and O–H groups in total. The second-order valence-electron chi connectivity index (χ2n) is 14.5. The molecule has 0 unspecified atom stereocenters. The van der Waals surface area contributed by atoms with Crippen LogP contribution in [0.3, 0.4) is 0 Å². The van der Waals surface area contributed by atoms with Crippen LogP contribution in [0.15, 0.2) is 41.2 Å². The lowest BCUT2D eigenvalue weighted by Crippen LogP contribution is -2.79. The smallest absolute Gasteiger partial charge is 0.483 e. The molecule has 246 valence electrons. The van der Waals surface area contributed by atoms with Gasteiger partial charge in [0, 0.05) is 43.3 Å². The van der Waals surface area contributed by atoms with Gasteiger partial charge in [0.15, 0.2) is 11.5 Å². The normalized spacial score (nSPS) is 31.2. The lowest BCUT2D eigenvalue weighted by molar-refractivity contribution is -0.228. The number of ether oxygens (including phenoxy) is 4. The Morgan fingerprint density at radius 1 is 1.15 bits per heavy atom. The average Bonchev–Trinajstić information content (AvgIpc) is 3.49. The van der Waals surface area contributed by atoms with Crippen LogP contribution >= 0.6 is 0 Å². The van der Waals surface area contributed by atoms with E-state index in [2.05, 4.69) is 4.90 Å². The topological polar surface area (TPSA) is 128 Å². The lowest BCUT2D eigenvalue weighted by Gasteiger charge is -2.65. The molecule has 3 aliphatic carbocycles. The maximum absolute atomic E-state index is 13.5. The standard InChI is InChI=1S/C35H42N2O9/c1-20(38)43-28-23-9-10-25(44-32(40)46-33(2,3)4)29-27(23)34-15-16-37(18-21-6-7-21)30(28)35(34,41)14-12-24(31(34)45-29)36(5)26(39)11-8-22-13-17-42-19-22/h8-11,13,17,19,21,24,28,30-31,41H,6-7,12,14-16,18H2,1-5H3/b11-8+/t24-,28+,30-,31+,34+,35-/m1/s1. The Morgan fingerprint density at radius 2 is 1.93 bits per heavy atom. The van der Waals surface area contributed by atoms with Crippen LogP contribution in [0.2, 0.25) is 0 Å². The van der Waals surface area contributed by atoms with E-state index >= 15 is 0 Å². The van der Waals surface area contributed by atoms with Crippen molar-refractivity contribution in [2.24, 2.45) is 5.92 Å². The van der Waals surface area contributed by atoms with Gasteiger partial charge in [-0.2, -0.15) is 0 Å². The van der Waals surface area contributed by atoms with Gasteiger partial charge in [0.25, 0.3) is 0 Å². The number of likely N-dealkylation sites (N-methyl/N-ethyl adjacent to an activating group) is 1. The summed E-state index contributed by atoms with van der Waals surface area (Å²) in [5, 5.41) is 13.1. The molecule has 2 bridgehead atoms. The molecule has 0 radical (unpaired) electrons. The minimum Gasteiger partial charge on any atom is -0.483 e. The highest BCUT2D eigenvalue weighted by Crippen LogP contribution is 2.68. The zero-order valence-corrected chi connectivity index (χ0v) is 27.0. The van der Waals surface area contributed by atoms with Crippen LogP contribution in [0, 0.1) is 5.92 Å². The van der Waals surface area contributed by atoms with Crippen LogP contribution in [-0.2, 0) is 24.5 Å². The highest BCUT2D eigenvalue weighted by molar-refractivity contribution is 5.92. The number of carbonyl (C=O) groups excluding carboxylic acids is 3. The first kappa shape index (κ1) is 30.8. The van der Waals surface area contributed by atoms with Gasteiger partial charge in [-0.3, -0.25) is 14.5 Å². The molecule has 1 aromatic heterocycles. The zero-order chi connectivity index (χ0) is 32.6. The number of likely N-dealkylation sites (tertiary alicyclic amines) is 1. The molecule has 2 saturated carbocycles. The predicted molar refractivity (Wildman–Crippen MR) is 165 cm³/mol. The Bertz CT molecular complexity index is 1570. The molecule has 1 spiro atoms. The molecular formula is C35H42N2O9. The van der Waals surface area contributed by atoms with Crippen LogP contribution in [-0.4, -0.2) is 82.5 Å². The number of hydrogen-bond acceptors (Lipinski definition) is 10. The van der Waals surface area contributed by atoms with Crippen LogP contribution in [0.1, 0.15) is 82.6 Å². The van der Waals surface area contributed by atoms with Crippen LogP contribution < -0.4 is 9.47 Å². The third-order valence-corrected chi connectivity index (χ3v) is 10.4. The molecular weight excluding hydrogens is 592 g/mol. The second kappa shape index (κ2) is 10.9. The van der Waals surface area contributed by atoms with Crippen molar-refractivity contribution in [2.45, 2.75) is 101 Å². The number of amides is 1. The van der Waals surface area contributed by atoms with Crippen molar-refractivity contribution >= 4 is 24.1 Å². The molecule has 2 aromatic rings. The fraction of sp³-hybridized carbons (Fsp3) is 0.571. The highest BCUT2D eigenvalue weighted by Gasteiger charge is 2.76. The molecule has 7 rings (SSSR count). The SMILES string of the molecule is CC(=O)O[C@H]1c2ccc(OC(=O)OC(C)(C)C)c3c2[C@]24CCN(CC5CC5)[C@H]1[C@]2(O)CC[C@@H](N(C)C(=O)/C=C/c1ccoc1)[C@@H]4O3. The summed E-state index contributed by atoms with van der Waals surface area (Å²) in [4.78, 5) is 43.0. The van der Waals surface area contributed by atoms with Crippen molar-refractivity contribution in [1.82, 2.24) is 9.80 Å². The first-order valence-corrected chi connectivity index (χ1v) is 16.2. The predicted octanol–water partition coefficient (Wildman–Crippen LogP) is 4.76. The first-order chi connectivity index (χ1) is 21.8. The van der Waals surface area contributed by atoms with E-state index < -0.39 is 53.0 Å². The number of rotatable bonds is 7. The Kier molecular flexibility index (Phi) is 7.28. The van der Waals surface area contributed by atoms with Gasteiger partial charge < -0.3 is 33.4 Å². The molecule has 11 nitrogen and oxygen atoms in total. The Hall–Kier alpha value is -3.83. The van der Waals surface area contributed by atoms with Crippen molar-refractivity contribution in [3.05, 3.63) is 53.5 Å². The molecule has 1 aromatic carbocycles.